The van der Waals surface area contributed by atoms with Crippen LogP contribution in [0.2, 0.25) is 0 Å². The molecule has 1 aliphatic rings. The van der Waals surface area contributed by atoms with Crippen LogP contribution in [0.3, 0.4) is 0 Å². The first-order valence-corrected chi connectivity index (χ1v) is 6.38. The molecule has 0 aromatic carbocycles. The van der Waals surface area contributed by atoms with Crippen molar-refractivity contribution in [3.05, 3.63) is 17.5 Å². The lowest BCUT2D eigenvalue weighted by Crippen LogP contribution is -2.52. The van der Waals surface area contributed by atoms with E-state index in [1.54, 1.807) is 24.8 Å². The molecule has 1 amide bonds. The molecular formula is C13H18N2O4. The Hall–Kier alpha value is -1.85. The Morgan fingerprint density at radius 3 is 2.63 bits per heavy atom. The summed E-state index contributed by atoms with van der Waals surface area (Å²) in [5, 5.41) is 3.73. The van der Waals surface area contributed by atoms with E-state index >= 15 is 0 Å². The van der Waals surface area contributed by atoms with E-state index < -0.39 is 12.0 Å². The number of aryl methyl sites for hydroxylation is 1. The maximum atomic E-state index is 12.4. The minimum Gasteiger partial charge on any atom is -0.467 e. The fourth-order valence-corrected chi connectivity index (χ4v) is 2.21. The van der Waals surface area contributed by atoms with Crippen molar-refractivity contribution in [2.75, 3.05) is 7.11 Å². The molecule has 0 aliphatic heterocycles. The van der Waals surface area contributed by atoms with Crippen LogP contribution in [0.5, 0.6) is 0 Å². The van der Waals surface area contributed by atoms with E-state index in [1.807, 2.05) is 0 Å². The summed E-state index contributed by atoms with van der Waals surface area (Å²) in [7, 11) is 1.32. The van der Waals surface area contributed by atoms with Gasteiger partial charge in [-0.05, 0) is 33.1 Å². The summed E-state index contributed by atoms with van der Waals surface area (Å²) in [6.07, 6.45) is 2.88. The molecule has 1 aromatic rings. The van der Waals surface area contributed by atoms with Gasteiger partial charge in [-0.25, -0.2) is 4.79 Å². The van der Waals surface area contributed by atoms with Crippen LogP contribution in [0, 0.1) is 6.92 Å². The predicted octanol–water partition coefficient (Wildman–Crippen LogP) is 1.54. The van der Waals surface area contributed by atoms with E-state index in [0.29, 0.717) is 5.76 Å². The van der Waals surface area contributed by atoms with Gasteiger partial charge >= 0.3 is 5.97 Å². The molecule has 1 aliphatic carbocycles. The molecule has 6 nitrogen and oxygen atoms in total. The highest BCUT2D eigenvalue weighted by atomic mass is 16.5. The van der Waals surface area contributed by atoms with Gasteiger partial charge in [0, 0.05) is 12.1 Å². The summed E-state index contributed by atoms with van der Waals surface area (Å²) in [5.74, 6) is -0.123. The monoisotopic (exact) mass is 266 g/mol. The van der Waals surface area contributed by atoms with Crippen LogP contribution in [0.25, 0.3) is 0 Å². The number of amides is 1. The van der Waals surface area contributed by atoms with Crippen molar-refractivity contribution in [3.8, 4) is 0 Å². The number of rotatable bonds is 4. The van der Waals surface area contributed by atoms with E-state index in [1.165, 1.54) is 7.11 Å². The number of methoxy groups -OCH3 is 1. The van der Waals surface area contributed by atoms with Gasteiger partial charge in [0.2, 0.25) is 0 Å². The Bertz CT molecular complexity index is 479. The van der Waals surface area contributed by atoms with Gasteiger partial charge in [-0.1, -0.05) is 5.16 Å². The van der Waals surface area contributed by atoms with Gasteiger partial charge in [0.15, 0.2) is 5.69 Å². The standard InChI is InChI=1S/C13H18N2O4/c1-8-7-11(14-19-8)12(16)15(10-5-4-6-10)9(2)13(17)18-3/h7,9-10H,4-6H2,1-3H3/t9-/m1/s1. The molecule has 1 aromatic heterocycles. The fourth-order valence-electron chi connectivity index (χ4n) is 2.21. The first-order chi connectivity index (χ1) is 9.04. The van der Waals surface area contributed by atoms with Gasteiger partial charge < -0.3 is 14.2 Å². The van der Waals surface area contributed by atoms with Gasteiger partial charge in [0.25, 0.3) is 5.91 Å². The predicted molar refractivity (Wildman–Crippen MR) is 66.5 cm³/mol. The number of carbonyl (C=O) groups is 2. The molecule has 1 fully saturated rings. The van der Waals surface area contributed by atoms with Crippen LogP contribution in [0.1, 0.15) is 42.4 Å². The summed E-state index contributed by atoms with van der Waals surface area (Å²) in [5.41, 5.74) is 0.236. The largest absolute Gasteiger partial charge is 0.467 e. The van der Waals surface area contributed by atoms with Gasteiger partial charge in [-0.2, -0.15) is 0 Å². The lowest BCUT2D eigenvalue weighted by Gasteiger charge is -2.39. The van der Waals surface area contributed by atoms with Crippen molar-refractivity contribution < 1.29 is 18.8 Å². The molecule has 0 spiro atoms. The lowest BCUT2D eigenvalue weighted by molar-refractivity contribution is -0.146. The number of hydrogen-bond donors (Lipinski definition) is 0. The molecular weight excluding hydrogens is 248 g/mol. The van der Waals surface area contributed by atoms with Crippen molar-refractivity contribution in [1.29, 1.82) is 0 Å². The number of esters is 1. The third-order valence-corrected chi connectivity index (χ3v) is 3.51. The highest BCUT2D eigenvalue weighted by Crippen LogP contribution is 2.28. The Balaban J connectivity index is 2.22. The van der Waals surface area contributed by atoms with E-state index in [4.69, 9.17) is 9.26 Å². The molecule has 2 rings (SSSR count). The number of hydrogen-bond acceptors (Lipinski definition) is 5. The Morgan fingerprint density at radius 1 is 1.53 bits per heavy atom. The minimum atomic E-state index is -0.611. The molecule has 1 atom stereocenters. The summed E-state index contributed by atoms with van der Waals surface area (Å²) in [4.78, 5) is 25.7. The third-order valence-electron chi connectivity index (χ3n) is 3.51. The van der Waals surface area contributed by atoms with Crippen molar-refractivity contribution >= 4 is 11.9 Å². The zero-order chi connectivity index (χ0) is 14.0. The summed E-state index contributed by atoms with van der Waals surface area (Å²) < 4.78 is 9.65. The molecule has 0 radical (unpaired) electrons. The Kier molecular flexibility index (Phi) is 3.87. The summed E-state index contributed by atoms with van der Waals surface area (Å²) in [6.45, 7) is 3.40. The second-order valence-corrected chi connectivity index (χ2v) is 4.82. The van der Waals surface area contributed by atoms with Crippen LogP contribution in [0.4, 0.5) is 0 Å². The first kappa shape index (κ1) is 13.6. The van der Waals surface area contributed by atoms with E-state index in [9.17, 15) is 9.59 Å². The second-order valence-electron chi connectivity index (χ2n) is 4.82. The van der Waals surface area contributed by atoms with Crippen molar-refractivity contribution in [3.63, 3.8) is 0 Å². The average molecular weight is 266 g/mol. The van der Waals surface area contributed by atoms with E-state index in [2.05, 4.69) is 5.16 Å². The SMILES string of the molecule is COC(=O)[C@@H](C)N(C(=O)c1cc(C)on1)C1CCC1. The topological polar surface area (TPSA) is 72.6 Å². The molecule has 0 N–H and O–H groups in total. The second kappa shape index (κ2) is 5.42. The summed E-state index contributed by atoms with van der Waals surface area (Å²) in [6, 6.07) is 1.05. The molecule has 104 valence electrons. The van der Waals surface area contributed by atoms with Gasteiger partial charge in [-0.3, -0.25) is 4.79 Å². The van der Waals surface area contributed by atoms with Crippen molar-refractivity contribution in [2.24, 2.45) is 0 Å². The Morgan fingerprint density at radius 2 is 2.21 bits per heavy atom. The van der Waals surface area contributed by atoms with Crippen LogP contribution in [0.15, 0.2) is 10.6 Å². The zero-order valence-electron chi connectivity index (χ0n) is 11.4. The van der Waals surface area contributed by atoms with Crippen molar-refractivity contribution in [2.45, 2.75) is 45.2 Å². The first-order valence-electron chi connectivity index (χ1n) is 6.38. The number of aromatic nitrogens is 1. The Labute approximate surface area is 111 Å². The van der Waals surface area contributed by atoms with Gasteiger partial charge in [0.1, 0.15) is 11.8 Å². The highest BCUT2D eigenvalue weighted by molar-refractivity contribution is 5.95. The lowest BCUT2D eigenvalue weighted by atomic mass is 9.90. The highest BCUT2D eigenvalue weighted by Gasteiger charge is 2.37. The van der Waals surface area contributed by atoms with Crippen LogP contribution < -0.4 is 0 Å². The normalized spacial score (nSPS) is 16.6. The molecule has 1 heterocycles. The fraction of sp³-hybridized carbons (Fsp3) is 0.615. The maximum Gasteiger partial charge on any atom is 0.328 e. The molecule has 6 heteroatoms. The molecule has 1 saturated carbocycles. The van der Waals surface area contributed by atoms with Crippen LogP contribution in [-0.4, -0.2) is 41.1 Å². The number of ether oxygens (including phenoxy) is 1. The van der Waals surface area contributed by atoms with Gasteiger partial charge in [0.05, 0.1) is 7.11 Å². The molecule has 0 unspecified atom stereocenters. The third kappa shape index (κ3) is 2.62. The molecule has 0 saturated heterocycles. The number of carbonyl (C=O) groups excluding carboxylic acids is 2. The van der Waals surface area contributed by atoms with Crippen LogP contribution >= 0.6 is 0 Å². The molecule has 0 bridgehead atoms. The zero-order valence-corrected chi connectivity index (χ0v) is 11.4. The van der Waals surface area contributed by atoms with E-state index in [0.717, 1.165) is 19.3 Å². The van der Waals surface area contributed by atoms with Crippen LogP contribution in [-0.2, 0) is 9.53 Å². The quantitative estimate of drug-likeness (QED) is 0.773. The maximum absolute atomic E-state index is 12.4. The molecule has 19 heavy (non-hydrogen) atoms. The minimum absolute atomic E-state index is 0.0820. The average Bonchev–Trinajstić information content (AvgIpc) is 2.77. The van der Waals surface area contributed by atoms with Crippen molar-refractivity contribution in [1.82, 2.24) is 10.1 Å². The smallest absolute Gasteiger partial charge is 0.328 e. The van der Waals surface area contributed by atoms with Gasteiger partial charge in [-0.15, -0.1) is 0 Å². The van der Waals surface area contributed by atoms with E-state index in [-0.39, 0.29) is 17.6 Å². The number of nitrogens with zero attached hydrogens (tertiary/aromatic N) is 2. The summed E-state index contributed by atoms with van der Waals surface area (Å²) >= 11 is 0.